The van der Waals surface area contributed by atoms with Crippen LogP contribution in [0.25, 0.3) is 5.57 Å². The highest BCUT2D eigenvalue weighted by molar-refractivity contribution is 5.72. The molecule has 1 aromatic rings. The predicted octanol–water partition coefficient (Wildman–Crippen LogP) is 4.08. The van der Waals surface area contributed by atoms with Crippen molar-refractivity contribution in [1.82, 2.24) is 5.32 Å². The van der Waals surface area contributed by atoms with Gasteiger partial charge < -0.3 is 5.32 Å². The summed E-state index contributed by atoms with van der Waals surface area (Å²) in [5.41, 5.74) is 4.75. The van der Waals surface area contributed by atoms with E-state index in [1.165, 1.54) is 16.7 Å². The number of aryl methyl sites for hydroxylation is 1. The highest BCUT2D eigenvalue weighted by atomic mass is 14.8. The molecule has 0 aliphatic carbocycles. The summed E-state index contributed by atoms with van der Waals surface area (Å²) in [6.07, 6.45) is 7.20. The van der Waals surface area contributed by atoms with Gasteiger partial charge in [0.1, 0.15) is 0 Å². The molecule has 90 valence electrons. The van der Waals surface area contributed by atoms with Gasteiger partial charge in [0.25, 0.3) is 0 Å². The molecule has 1 heteroatoms. The molecule has 17 heavy (non-hydrogen) atoms. The lowest BCUT2D eigenvalue weighted by Crippen LogP contribution is -1.94. The number of nitrogens with one attached hydrogen (secondary N) is 1. The van der Waals surface area contributed by atoms with Crippen LogP contribution in [0.15, 0.2) is 54.8 Å². The Morgan fingerprint density at radius 3 is 2.41 bits per heavy atom. The van der Waals surface area contributed by atoms with Gasteiger partial charge in [-0.1, -0.05) is 55.5 Å². The van der Waals surface area contributed by atoms with Crippen LogP contribution in [0.1, 0.15) is 24.5 Å². The minimum atomic E-state index is 1.01. The summed E-state index contributed by atoms with van der Waals surface area (Å²) >= 11 is 0. The van der Waals surface area contributed by atoms with Gasteiger partial charge in [-0.2, -0.15) is 0 Å². The van der Waals surface area contributed by atoms with Crippen molar-refractivity contribution in [3.05, 3.63) is 65.9 Å². The van der Waals surface area contributed by atoms with Crippen molar-refractivity contribution in [2.75, 3.05) is 7.05 Å². The normalized spacial score (nSPS) is 11.8. The molecule has 0 saturated carbocycles. The Labute approximate surface area is 105 Å². The lowest BCUT2D eigenvalue weighted by atomic mass is 10.0. The molecule has 0 atom stereocenters. The summed E-state index contributed by atoms with van der Waals surface area (Å²) in [5, 5.41) is 3.05. The van der Waals surface area contributed by atoms with Crippen LogP contribution in [0.4, 0.5) is 0 Å². The molecule has 1 rings (SSSR count). The molecule has 0 aliphatic rings. The molecule has 0 aromatic heterocycles. The average Bonchev–Trinajstić information content (AvgIpc) is 2.35. The first-order chi connectivity index (χ1) is 8.17. The lowest BCUT2D eigenvalue weighted by molar-refractivity contribution is 1.04. The molecule has 0 radical (unpaired) electrons. The Hall–Kier alpha value is -1.76. The average molecular weight is 227 g/mol. The van der Waals surface area contributed by atoms with Gasteiger partial charge in [-0.3, -0.25) is 0 Å². The van der Waals surface area contributed by atoms with E-state index in [4.69, 9.17) is 0 Å². The second-order valence-electron chi connectivity index (χ2n) is 4.09. The standard InChI is InChI=1S/C16H21N/c1-5-15(12-17-4)9-8-14(3)16-10-6-13(2)7-11-16/h6-12,17H,3,5H2,1-2,4H3/b9-8-,15-12-. The monoisotopic (exact) mass is 227 g/mol. The van der Waals surface area contributed by atoms with Crippen LogP contribution >= 0.6 is 0 Å². The topological polar surface area (TPSA) is 12.0 Å². The van der Waals surface area contributed by atoms with Crippen molar-refractivity contribution in [3.8, 4) is 0 Å². The summed E-state index contributed by atoms with van der Waals surface area (Å²) in [4.78, 5) is 0. The minimum Gasteiger partial charge on any atom is -0.394 e. The fraction of sp³-hybridized carbons (Fsp3) is 0.250. The number of hydrogen-bond acceptors (Lipinski definition) is 1. The zero-order valence-corrected chi connectivity index (χ0v) is 11.0. The third-order valence-corrected chi connectivity index (χ3v) is 2.66. The molecule has 1 nitrogen and oxygen atoms in total. The van der Waals surface area contributed by atoms with Crippen molar-refractivity contribution >= 4 is 5.57 Å². The quantitative estimate of drug-likeness (QED) is 0.747. The van der Waals surface area contributed by atoms with Gasteiger partial charge in [-0.25, -0.2) is 0 Å². The molecule has 1 N–H and O–H groups in total. The molecule has 0 bridgehead atoms. The summed E-state index contributed by atoms with van der Waals surface area (Å²) in [6, 6.07) is 8.43. The van der Waals surface area contributed by atoms with Crippen molar-refractivity contribution in [1.29, 1.82) is 0 Å². The second kappa shape index (κ2) is 6.74. The maximum Gasteiger partial charge on any atom is 0.00278 e. The summed E-state index contributed by atoms with van der Waals surface area (Å²) in [5.74, 6) is 0. The van der Waals surface area contributed by atoms with E-state index in [0.29, 0.717) is 0 Å². The van der Waals surface area contributed by atoms with Gasteiger partial charge in [-0.05, 0) is 36.3 Å². The van der Waals surface area contributed by atoms with Crippen LogP contribution in [-0.4, -0.2) is 7.05 Å². The molecule has 0 heterocycles. The molecule has 0 saturated heterocycles. The van der Waals surface area contributed by atoms with E-state index in [9.17, 15) is 0 Å². The fourth-order valence-electron chi connectivity index (χ4n) is 1.52. The molecule has 0 spiro atoms. The van der Waals surface area contributed by atoms with Gasteiger partial charge >= 0.3 is 0 Å². The molecular weight excluding hydrogens is 206 g/mol. The molecule has 0 amide bonds. The van der Waals surface area contributed by atoms with E-state index in [2.05, 4.69) is 62.2 Å². The van der Waals surface area contributed by atoms with Gasteiger partial charge in [0.05, 0.1) is 0 Å². The van der Waals surface area contributed by atoms with Crippen molar-refractivity contribution in [2.45, 2.75) is 20.3 Å². The van der Waals surface area contributed by atoms with Gasteiger partial charge in [-0.15, -0.1) is 0 Å². The van der Waals surface area contributed by atoms with Gasteiger partial charge in [0.15, 0.2) is 0 Å². The largest absolute Gasteiger partial charge is 0.394 e. The van der Waals surface area contributed by atoms with E-state index >= 15 is 0 Å². The Morgan fingerprint density at radius 1 is 1.24 bits per heavy atom. The number of benzene rings is 1. The summed E-state index contributed by atoms with van der Waals surface area (Å²) in [6.45, 7) is 8.32. The highest BCUT2D eigenvalue weighted by Gasteiger charge is 1.94. The van der Waals surface area contributed by atoms with E-state index in [1.807, 2.05) is 13.2 Å². The Morgan fingerprint density at radius 2 is 1.88 bits per heavy atom. The maximum absolute atomic E-state index is 4.09. The summed E-state index contributed by atoms with van der Waals surface area (Å²) in [7, 11) is 1.91. The second-order valence-corrected chi connectivity index (χ2v) is 4.09. The lowest BCUT2D eigenvalue weighted by Gasteiger charge is -2.02. The molecule has 1 aromatic carbocycles. The van der Waals surface area contributed by atoms with Crippen LogP contribution < -0.4 is 5.32 Å². The minimum absolute atomic E-state index is 1.01. The Kier molecular flexibility index (Phi) is 5.28. The van der Waals surface area contributed by atoms with Crippen LogP contribution in [0.5, 0.6) is 0 Å². The van der Waals surface area contributed by atoms with Crippen molar-refractivity contribution in [2.24, 2.45) is 0 Å². The van der Waals surface area contributed by atoms with Crippen LogP contribution in [-0.2, 0) is 0 Å². The van der Waals surface area contributed by atoms with Crippen molar-refractivity contribution in [3.63, 3.8) is 0 Å². The Bertz CT molecular complexity index is 421. The summed E-state index contributed by atoms with van der Waals surface area (Å²) < 4.78 is 0. The van der Waals surface area contributed by atoms with E-state index < -0.39 is 0 Å². The predicted molar refractivity (Wildman–Crippen MR) is 76.8 cm³/mol. The molecule has 0 aliphatic heterocycles. The Balaban J connectivity index is 2.75. The van der Waals surface area contributed by atoms with Gasteiger partial charge in [0.2, 0.25) is 0 Å². The van der Waals surface area contributed by atoms with Crippen LogP contribution in [0, 0.1) is 6.92 Å². The third kappa shape index (κ3) is 4.31. The number of allylic oxidation sites excluding steroid dienone is 4. The van der Waals surface area contributed by atoms with Gasteiger partial charge in [0, 0.05) is 7.05 Å². The smallest absolute Gasteiger partial charge is 0.00278 e. The number of rotatable bonds is 5. The zero-order valence-electron chi connectivity index (χ0n) is 11.0. The molecule has 0 fully saturated rings. The number of hydrogen-bond donors (Lipinski definition) is 1. The van der Waals surface area contributed by atoms with E-state index in [1.54, 1.807) is 0 Å². The molecule has 0 unspecified atom stereocenters. The highest BCUT2D eigenvalue weighted by Crippen LogP contribution is 2.15. The van der Waals surface area contributed by atoms with Crippen LogP contribution in [0.3, 0.4) is 0 Å². The van der Waals surface area contributed by atoms with E-state index in [-0.39, 0.29) is 0 Å². The third-order valence-electron chi connectivity index (χ3n) is 2.66. The fourth-order valence-corrected chi connectivity index (χ4v) is 1.52. The van der Waals surface area contributed by atoms with Crippen LogP contribution in [0.2, 0.25) is 0 Å². The zero-order chi connectivity index (χ0) is 12.7. The SMILES string of the molecule is C=C(/C=C\C(=C/NC)CC)c1ccc(C)cc1. The molecular formula is C16H21N. The first-order valence-electron chi connectivity index (χ1n) is 5.97. The first kappa shape index (κ1) is 13.3. The first-order valence-corrected chi connectivity index (χ1v) is 5.97. The van der Waals surface area contributed by atoms with Crippen molar-refractivity contribution < 1.29 is 0 Å². The maximum atomic E-state index is 4.09. The van der Waals surface area contributed by atoms with E-state index in [0.717, 1.165) is 12.0 Å².